The van der Waals surface area contributed by atoms with Crippen LogP contribution in [-0.2, 0) is 6.42 Å². The molecule has 6 heteroatoms. The molecule has 126 valence electrons. The van der Waals surface area contributed by atoms with Gasteiger partial charge in [-0.1, -0.05) is 42.5 Å². The minimum Gasteiger partial charge on any atom is -0.494 e. The maximum Gasteiger partial charge on any atom is 0.260 e. The molecule has 0 spiro atoms. The van der Waals surface area contributed by atoms with Crippen LogP contribution in [0.2, 0.25) is 0 Å². The van der Waals surface area contributed by atoms with Crippen molar-refractivity contribution in [1.29, 1.82) is 0 Å². The molecule has 0 amide bonds. The van der Waals surface area contributed by atoms with Crippen LogP contribution in [0, 0.1) is 4.77 Å². The van der Waals surface area contributed by atoms with Crippen LogP contribution in [0.5, 0.6) is 5.88 Å². The first-order valence-corrected chi connectivity index (χ1v) is 8.52. The van der Waals surface area contributed by atoms with Gasteiger partial charge in [0.25, 0.3) is 5.56 Å². The number of hydrogen-bond donors (Lipinski definition) is 3. The highest BCUT2D eigenvalue weighted by atomic mass is 32.1. The number of hydrogen-bond acceptors (Lipinski definition) is 4. The lowest BCUT2D eigenvalue weighted by molar-refractivity contribution is 0.413. The first-order chi connectivity index (χ1) is 12.2. The third-order valence-electron chi connectivity index (χ3n) is 4.53. The molecule has 0 fully saturated rings. The van der Waals surface area contributed by atoms with Crippen molar-refractivity contribution in [2.45, 2.75) is 12.5 Å². The van der Waals surface area contributed by atoms with Crippen molar-refractivity contribution in [3.8, 4) is 11.6 Å². The average molecular weight is 351 g/mol. The highest BCUT2D eigenvalue weighted by Crippen LogP contribution is 2.32. The van der Waals surface area contributed by atoms with Crippen LogP contribution in [0.3, 0.4) is 0 Å². The van der Waals surface area contributed by atoms with Crippen LogP contribution in [-0.4, -0.2) is 21.2 Å². The van der Waals surface area contributed by atoms with Crippen molar-refractivity contribution in [2.24, 2.45) is 0 Å². The number of fused-ring (bicyclic) bond motifs is 1. The van der Waals surface area contributed by atoms with Gasteiger partial charge in [-0.15, -0.1) is 0 Å². The molecule has 1 aliphatic rings. The van der Waals surface area contributed by atoms with Gasteiger partial charge in [0.15, 0.2) is 4.77 Å². The van der Waals surface area contributed by atoms with Crippen molar-refractivity contribution >= 4 is 12.2 Å². The number of nitrogens with one attached hydrogen (secondary N) is 2. The Balaban J connectivity index is 1.96. The molecule has 1 atom stereocenters. The third-order valence-corrected chi connectivity index (χ3v) is 4.82. The van der Waals surface area contributed by atoms with Gasteiger partial charge < -0.3 is 10.4 Å². The zero-order valence-corrected chi connectivity index (χ0v) is 14.2. The zero-order valence-electron chi connectivity index (χ0n) is 13.4. The van der Waals surface area contributed by atoms with Gasteiger partial charge in [-0.3, -0.25) is 14.3 Å². The molecule has 5 nitrogen and oxygen atoms in total. The van der Waals surface area contributed by atoms with E-state index in [0.717, 1.165) is 18.5 Å². The average Bonchev–Trinajstić information content (AvgIpc) is 2.62. The van der Waals surface area contributed by atoms with Gasteiger partial charge in [0.1, 0.15) is 0 Å². The third kappa shape index (κ3) is 2.69. The molecule has 3 N–H and O–H groups in total. The molecular formula is C19H17N3O2S. The predicted octanol–water partition coefficient (Wildman–Crippen LogP) is 2.84. The maximum atomic E-state index is 12.6. The Kier molecular flexibility index (Phi) is 3.99. The first-order valence-electron chi connectivity index (χ1n) is 8.11. The maximum absolute atomic E-state index is 12.6. The summed E-state index contributed by atoms with van der Waals surface area (Å²) in [6.07, 6.45) is 0.892. The fourth-order valence-corrected chi connectivity index (χ4v) is 3.66. The van der Waals surface area contributed by atoms with Crippen LogP contribution >= 0.6 is 12.2 Å². The van der Waals surface area contributed by atoms with Crippen LogP contribution in [0.15, 0.2) is 59.4 Å². The molecule has 2 aromatic carbocycles. The summed E-state index contributed by atoms with van der Waals surface area (Å²) in [5.41, 5.74) is 2.80. The van der Waals surface area contributed by atoms with Gasteiger partial charge >= 0.3 is 0 Å². The smallest absolute Gasteiger partial charge is 0.260 e. The number of benzene rings is 2. The number of para-hydroxylation sites is 1. The molecule has 0 radical (unpaired) electrons. The Hall–Kier alpha value is -2.70. The van der Waals surface area contributed by atoms with E-state index in [1.165, 1.54) is 10.1 Å². The van der Waals surface area contributed by atoms with Crippen LogP contribution in [0.4, 0.5) is 0 Å². The monoisotopic (exact) mass is 351 g/mol. The van der Waals surface area contributed by atoms with Crippen LogP contribution < -0.4 is 10.9 Å². The minimum atomic E-state index is -0.376. The minimum absolute atomic E-state index is 0.130. The lowest BCUT2D eigenvalue weighted by Crippen LogP contribution is -2.35. The van der Waals surface area contributed by atoms with E-state index in [-0.39, 0.29) is 27.8 Å². The van der Waals surface area contributed by atoms with Crippen molar-refractivity contribution < 1.29 is 5.11 Å². The summed E-state index contributed by atoms with van der Waals surface area (Å²) < 4.78 is 1.66. The topological polar surface area (TPSA) is 70.0 Å². The summed E-state index contributed by atoms with van der Waals surface area (Å²) in [5, 5.41) is 14.3. The second-order valence-corrected chi connectivity index (χ2v) is 6.39. The van der Waals surface area contributed by atoms with E-state index >= 15 is 0 Å². The molecule has 4 rings (SSSR count). The molecule has 3 aromatic rings. The van der Waals surface area contributed by atoms with Crippen LogP contribution in [0.1, 0.15) is 22.7 Å². The van der Waals surface area contributed by atoms with E-state index in [1.54, 1.807) is 0 Å². The summed E-state index contributed by atoms with van der Waals surface area (Å²) in [6.45, 7) is 0.738. The van der Waals surface area contributed by atoms with Gasteiger partial charge in [0.05, 0.1) is 17.3 Å². The molecule has 2 heterocycles. The fourth-order valence-electron chi connectivity index (χ4n) is 3.38. The summed E-state index contributed by atoms with van der Waals surface area (Å²) in [4.78, 5) is 15.3. The number of H-pyrrole nitrogens is 1. The number of aromatic nitrogens is 2. The van der Waals surface area contributed by atoms with Crippen molar-refractivity contribution in [3.05, 3.63) is 86.4 Å². The molecule has 25 heavy (non-hydrogen) atoms. The fraction of sp³-hybridized carbons (Fsp3) is 0.158. The molecule has 0 bridgehead atoms. The molecule has 0 saturated carbocycles. The van der Waals surface area contributed by atoms with Crippen molar-refractivity contribution in [3.63, 3.8) is 0 Å². The summed E-state index contributed by atoms with van der Waals surface area (Å²) >= 11 is 5.27. The number of aromatic amines is 1. The molecule has 1 aromatic heterocycles. The first kappa shape index (κ1) is 15.8. The highest BCUT2D eigenvalue weighted by molar-refractivity contribution is 7.71. The summed E-state index contributed by atoms with van der Waals surface area (Å²) in [6, 6.07) is 16.9. The summed E-state index contributed by atoms with van der Waals surface area (Å²) in [7, 11) is 0. The Labute approximate surface area is 149 Å². The van der Waals surface area contributed by atoms with E-state index in [1.807, 2.05) is 48.5 Å². The Bertz CT molecular complexity index is 1040. The number of nitrogens with zero attached hydrogens (tertiary/aromatic N) is 1. The van der Waals surface area contributed by atoms with E-state index in [4.69, 9.17) is 12.2 Å². The number of rotatable bonds is 2. The summed E-state index contributed by atoms with van der Waals surface area (Å²) in [5.74, 6) is -0.130. The molecule has 0 unspecified atom stereocenters. The van der Waals surface area contributed by atoms with Crippen LogP contribution in [0.25, 0.3) is 5.69 Å². The standard InChI is InChI=1S/C19H17N3O2S/c23-17-15(16-14-9-5-4-6-12(14)10-11-20-16)18(24)22(19(25)21-17)13-7-2-1-3-8-13/h1-9,16,20,24H,10-11H2,(H,21,23,25)/t16-/m1/s1. The van der Waals surface area contributed by atoms with E-state index in [9.17, 15) is 9.90 Å². The van der Waals surface area contributed by atoms with E-state index in [0.29, 0.717) is 5.69 Å². The van der Waals surface area contributed by atoms with Gasteiger partial charge in [-0.05, 0) is 41.9 Å². The molecule has 0 saturated heterocycles. The Morgan fingerprint density at radius 2 is 1.80 bits per heavy atom. The predicted molar refractivity (Wildman–Crippen MR) is 98.9 cm³/mol. The van der Waals surface area contributed by atoms with Crippen molar-refractivity contribution in [2.75, 3.05) is 6.54 Å². The van der Waals surface area contributed by atoms with Crippen molar-refractivity contribution in [1.82, 2.24) is 14.9 Å². The lowest BCUT2D eigenvalue weighted by Gasteiger charge is -2.27. The second-order valence-electron chi connectivity index (χ2n) is 6.00. The second kappa shape index (κ2) is 6.31. The molecule has 1 aliphatic heterocycles. The van der Waals surface area contributed by atoms with Gasteiger partial charge in [0, 0.05) is 6.54 Å². The highest BCUT2D eigenvalue weighted by Gasteiger charge is 2.28. The SMILES string of the molecule is O=c1[nH]c(=S)n(-c2ccccc2)c(O)c1[C@@H]1NCCc2ccccc21. The zero-order chi connectivity index (χ0) is 17.4. The van der Waals surface area contributed by atoms with E-state index in [2.05, 4.69) is 16.4 Å². The lowest BCUT2D eigenvalue weighted by atomic mass is 9.90. The largest absolute Gasteiger partial charge is 0.494 e. The van der Waals surface area contributed by atoms with E-state index < -0.39 is 0 Å². The normalized spacial score (nSPS) is 16.4. The Morgan fingerprint density at radius 3 is 2.60 bits per heavy atom. The Morgan fingerprint density at radius 1 is 1.08 bits per heavy atom. The van der Waals surface area contributed by atoms with Gasteiger partial charge in [-0.2, -0.15) is 0 Å². The molecule has 0 aliphatic carbocycles. The number of aromatic hydroxyl groups is 1. The van der Waals surface area contributed by atoms with Gasteiger partial charge in [-0.25, -0.2) is 0 Å². The van der Waals surface area contributed by atoms with Gasteiger partial charge in [0.2, 0.25) is 5.88 Å². The quantitative estimate of drug-likeness (QED) is 0.621. The molecular weight excluding hydrogens is 334 g/mol.